The van der Waals surface area contributed by atoms with Crippen LogP contribution in [0.2, 0.25) is 5.02 Å². The molecule has 1 aromatic heterocycles. The van der Waals surface area contributed by atoms with Crippen LogP contribution in [0.3, 0.4) is 0 Å². The van der Waals surface area contributed by atoms with E-state index in [1.54, 1.807) is 0 Å². The van der Waals surface area contributed by atoms with Gasteiger partial charge in [0.2, 0.25) is 0 Å². The number of benzene rings is 1. The minimum Gasteiger partial charge on any atom is -0.311 e. The first-order valence-corrected chi connectivity index (χ1v) is 10.7. The van der Waals surface area contributed by atoms with E-state index in [4.69, 9.17) is 11.6 Å². The van der Waals surface area contributed by atoms with Crippen molar-refractivity contribution >= 4 is 39.2 Å². The Morgan fingerprint density at radius 1 is 1.19 bits per heavy atom. The molecule has 14 heteroatoms. The Kier molecular flexibility index (Phi) is 6.13. The minimum absolute atomic E-state index is 0.129. The molecule has 32 heavy (non-hydrogen) atoms. The molecule has 1 amide bonds. The molecular formula is C18H16ClF5N4O3S. The van der Waals surface area contributed by atoms with Crippen molar-refractivity contribution in [3.05, 3.63) is 52.2 Å². The van der Waals surface area contributed by atoms with Gasteiger partial charge in [-0.05, 0) is 25.1 Å². The van der Waals surface area contributed by atoms with Crippen molar-refractivity contribution in [1.29, 1.82) is 0 Å². The Morgan fingerprint density at radius 2 is 1.81 bits per heavy atom. The molecule has 1 aliphatic heterocycles. The number of rotatable bonds is 3. The average Bonchev–Trinajstić information content (AvgIpc) is 2.91. The number of carbonyl (C=O) groups excluding carboxylic acids is 1. The number of halogens is 6. The average molecular weight is 499 g/mol. The fourth-order valence-electron chi connectivity index (χ4n) is 3.22. The molecule has 0 radical (unpaired) electrons. The van der Waals surface area contributed by atoms with Crippen molar-refractivity contribution in [2.75, 3.05) is 29.8 Å². The molecular weight excluding hydrogens is 483 g/mol. The van der Waals surface area contributed by atoms with Crippen molar-refractivity contribution < 1.29 is 35.2 Å². The van der Waals surface area contributed by atoms with E-state index in [0.717, 1.165) is 30.5 Å². The van der Waals surface area contributed by atoms with Crippen LogP contribution in [0.4, 0.5) is 33.5 Å². The van der Waals surface area contributed by atoms with Crippen molar-refractivity contribution in [1.82, 2.24) is 9.29 Å². The number of carbonyl (C=O) groups is 1. The van der Waals surface area contributed by atoms with Gasteiger partial charge in [-0.3, -0.25) is 4.79 Å². The highest BCUT2D eigenvalue weighted by molar-refractivity contribution is 7.90. The van der Waals surface area contributed by atoms with Crippen LogP contribution in [0.5, 0.6) is 0 Å². The molecule has 0 aliphatic carbocycles. The third-order valence-corrected chi connectivity index (χ3v) is 6.98. The Hall–Kier alpha value is -2.51. The van der Waals surface area contributed by atoms with Crippen LogP contribution in [-0.4, -0.2) is 50.3 Å². The van der Waals surface area contributed by atoms with Crippen LogP contribution in [0.25, 0.3) is 0 Å². The van der Waals surface area contributed by atoms with E-state index in [1.807, 2.05) is 0 Å². The third kappa shape index (κ3) is 4.24. The second kappa shape index (κ2) is 8.12. The van der Waals surface area contributed by atoms with Gasteiger partial charge in [0.1, 0.15) is 23.5 Å². The summed E-state index contributed by atoms with van der Waals surface area (Å²) >= 11 is 5.65. The minimum atomic E-state index is -4.79. The third-order valence-electron chi connectivity index (χ3n) is 4.82. The fourth-order valence-corrected chi connectivity index (χ4v) is 4.81. The Labute approximate surface area is 185 Å². The van der Waals surface area contributed by atoms with E-state index in [0.29, 0.717) is 21.3 Å². The van der Waals surface area contributed by atoms with E-state index in [-0.39, 0.29) is 5.69 Å². The molecule has 2 aromatic rings. The molecule has 7 nitrogen and oxygen atoms in total. The topological polar surface area (TPSA) is 73.8 Å². The van der Waals surface area contributed by atoms with Crippen LogP contribution in [-0.2, 0) is 21.2 Å². The van der Waals surface area contributed by atoms with Gasteiger partial charge in [0.25, 0.3) is 5.91 Å². The number of aryl methyl sites for hydroxylation is 1. The maximum absolute atomic E-state index is 14.2. The molecule has 3 rings (SSSR count). The van der Waals surface area contributed by atoms with Gasteiger partial charge in [-0.15, -0.1) is 0 Å². The van der Waals surface area contributed by atoms with Crippen LogP contribution in [0.1, 0.15) is 11.3 Å². The highest BCUT2D eigenvalue weighted by atomic mass is 35.5. The number of likely N-dealkylation sites (N-methyl/N-ethyl adjacent to an activating group) is 2. The molecule has 2 heterocycles. The van der Waals surface area contributed by atoms with Gasteiger partial charge in [0.05, 0.1) is 16.3 Å². The second-order valence-corrected chi connectivity index (χ2v) is 9.39. The smallest absolute Gasteiger partial charge is 0.311 e. The van der Waals surface area contributed by atoms with Crippen molar-refractivity contribution in [2.45, 2.75) is 19.1 Å². The van der Waals surface area contributed by atoms with Gasteiger partial charge in [-0.2, -0.15) is 25.9 Å². The largest absolute Gasteiger partial charge is 0.416 e. The van der Waals surface area contributed by atoms with Crippen molar-refractivity contribution in [3.8, 4) is 0 Å². The summed E-state index contributed by atoms with van der Waals surface area (Å²) in [6.07, 6.45) is -4.79. The molecule has 1 saturated heterocycles. The van der Waals surface area contributed by atoms with Gasteiger partial charge in [-0.1, -0.05) is 11.6 Å². The monoisotopic (exact) mass is 498 g/mol. The Bertz CT molecular complexity index is 1190. The van der Waals surface area contributed by atoms with Crippen molar-refractivity contribution in [2.24, 2.45) is 0 Å². The number of hydrogen-bond donors (Lipinski definition) is 0. The summed E-state index contributed by atoms with van der Waals surface area (Å²) in [4.78, 5) is 17.7. The number of nitrogens with zero attached hydrogens (tertiary/aromatic N) is 4. The number of anilines is 2. The molecule has 0 unspecified atom stereocenters. The van der Waals surface area contributed by atoms with E-state index in [1.165, 1.54) is 6.92 Å². The normalized spacial score (nSPS) is 18.8. The summed E-state index contributed by atoms with van der Waals surface area (Å²) in [7, 11) is -2.19. The molecule has 1 aliphatic rings. The highest BCUT2D eigenvalue weighted by Gasteiger charge is 2.48. The zero-order chi connectivity index (χ0) is 24.2. The predicted octanol–water partition coefficient (Wildman–Crippen LogP) is 3.37. The summed E-state index contributed by atoms with van der Waals surface area (Å²) in [5.41, 5.74) is -1.72. The Balaban J connectivity index is 2.09. The first-order chi connectivity index (χ1) is 14.6. The molecule has 1 atom stereocenters. The molecule has 0 bridgehead atoms. The zero-order valence-corrected chi connectivity index (χ0v) is 18.4. The van der Waals surface area contributed by atoms with Crippen LogP contribution >= 0.6 is 11.6 Å². The summed E-state index contributed by atoms with van der Waals surface area (Å²) in [6.45, 7) is 0.795. The summed E-state index contributed by atoms with van der Waals surface area (Å²) in [6, 6.07) is 0.963. The molecule has 0 saturated carbocycles. The second-order valence-electron chi connectivity index (χ2n) is 7.07. The first kappa shape index (κ1) is 24.1. The van der Waals surface area contributed by atoms with E-state index >= 15 is 0 Å². The maximum Gasteiger partial charge on any atom is 0.416 e. The number of pyridine rings is 1. The zero-order valence-electron chi connectivity index (χ0n) is 16.8. The van der Waals surface area contributed by atoms with Crippen LogP contribution in [0, 0.1) is 18.6 Å². The fraction of sp³-hybridized carbons (Fsp3) is 0.333. The lowest BCUT2D eigenvalue weighted by Gasteiger charge is -2.27. The molecule has 174 valence electrons. The lowest BCUT2D eigenvalue weighted by Crippen LogP contribution is -2.47. The van der Waals surface area contributed by atoms with E-state index < -0.39 is 68.6 Å². The summed E-state index contributed by atoms with van der Waals surface area (Å²) in [5.74, 6) is -3.82. The summed E-state index contributed by atoms with van der Waals surface area (Å²) < 4.78 is 94.3. The van der Waals surface area contributed by atoms with Crippen LogP contribution in [0.15, 0.2) is 24.3 Å². The molecule has 1 aromatic carbocycles. The quantitative estimate of drug-likeness (QED) is 0.480. The molecule has 1 fully saturated rings. The van der Waals surface area contributed by atoms with Gasteiger partial charge in [0, 0.05) is 32.4 Å². The standard InChI is InChI=1S/C18H16ClF5N4O3S/c1-9-4-10(18(22,23)24)5-16(25-9)28-15(8-26(2)32(28,30)31)17(29)27(3)14-6-11(19)12(20)7-13(14)21/h4-7,15H,8H2,1-3H3/t15-/m0/s1. The first-order valence-electron chi connectivity index (χ1n) is 8.88. The van der Waals surface area contributed by atoms with Gasteiger partial charge in [0.15, 0.2) is 0 Å². The molecule has 0 spiro atoms. The maximum atomic E-state index is 14.2. The SMILES string of the molecule is Cc1cc(C(F)(F)F)cc(N2[C@H](C(=O)N(C)c3cc(Cl)c(F)cc3F)CN(C)S2(=O)=O)n1. The van der Waals surface area contributed by atoms with Gasteiger partial charge >= 0.3 is 16.4 Å². The van der Waals surface area contributed by atoms with Crippen LogP contribution < -0.4 is 9.21 Å². The predicted molar refractivity (Wildman–Crippen MR) is 107 cm³/mol. The lowest BCUT2D eigenvalue weighted by molar-refractivity contribution is -0.137. The number of hydrogen-bond acceptors (Lipinski definition) is 4. The van der Waals surface area contributed by atoms with E-state index in [9.17, 15) is 35.2 Å². The van der Waals surface area contributed by atoms with Crippen molar-refractivity contribution in [3.63, 3.8) is 0 Å². The van der Waals surface area contributed by atoms with E-state index in [2.05, 4.69) is 4.98 Å². The molecule has 0 N–H and O–H groups in total. The Morgan fingerprint density at radius 3 is 2.41 bits per heavy atom. The van der Waals surface area contributed by atoms with Gasteiger partial charge < -0.3 is 4.90 Å². The number of aromatic nitrogens is 1. The number of amides is 1. The highest BCUT2D eigenvalue weighted by Crippen LogP contribution is 2.35. The number of alkyl halides is 3. The lowest BCUT2D eigenvalue weighted by atomic mass is 10.2. The summed E-state index contributed by atoms with van der Waals surface area (Å²) in [5, 5.41) is -0.482. The van der Waals surface area contributed by atoms with Gasteiger partial charge in [-0.25, -0.2) is 18.1 Å².